The number of amides is 1. The Labute approximate surface area is 179 Å². The van der Waals surface area contributed by atoms with E-state index in [2.05, 4.69) is 20.4 Å². The van der Waals surface area contributed by atoms with Crippen molar-refractivity contribution < 1.29 is 22.7 Å². The number of anilines is 1. The van der Waals surface area contributed by atoms with E-state index in [0.29, 0.717) is 24.5 Å². The number of aromatic nitrogens is 3. The third kappa shape index (κ3) is 4.67. The lowest BCUT2D eigenvalue weighted by atomic mass is 10.2. The third-order valence-corrected chi connectivity index (χ3v) is 6.66. The van der Waals surface area contributed by atoms with E-state index in [1.54, 1.807) is 10.9 Å². The molecule has 0 radical (unpaired) electrons. The van der Waals surface area contributed by atoms with E-state index in [1.165, 1.54) is 35.7 Å². The van der Waals surface area contributed by atoms with Gasteiger partial charge < -0.3 is 9.47 Å². The number of carbonyl (C=O) groups excluding carboxylic acids is 1. The number of hydrogen-bond donors (Lipinski definition) is 1. The first-order valence-electron chi connectivity index (χ1n) is 9.49. The minimum Gasteiger partial charge on any atom is -0.487 e. The molecule has 11 heteroatoms. The molecular weight excluding hydrogens is 422 g/mol. The second kappa shape index (κ2) is 8.74. The Hall–Kier alpha value is -3.44. The fraction of sp³-hybridized carbons (Fsp3) is 0.250. The molecule has 0 saturated carbocycles. The van der Waals surface area contributed by atoms with Gasteiger partial charge in [0.15, 0.2) is 0 Å². The van der Waals surface area contributed by atoms with Gasteiger partial charge in [0.05, 0.1) is 24.2 Å². The SMILES string of the molecule is COC(=O)Nc1ccc(S(=O)(=O)N2CC(n3cc(COc4ccccc4)nn3)C2)cc1. The summed E-state index contributed by atoms with van der Waals surface area (Å²) in [4.78, 5) is 11.4. The van der Waals surface area contributed by atoms with Crippen LogP contribution in [0.5, 0.6) is 5.75 Å². The van der Waals surface area contributed by atoms with Crippen molar-refractivity contribution in [3.05, 3.63) is 66.5 Å². The molecule has 0 bridgehead atoms. The van der Waals surface area contributed by atoms with Gasteiger partial charge in [0.2, 0.25) is 10.0 Å². The molecule has 0 aliphatic carbocycles. The molecule has 2 heterocycles. The van der Waals surface area contributed by atoms with Crippen molar-refractivity contribution in [2.45, 2.75) is 17.5 Å². The van der Waals surface area contributed by atoms with E-state index in [1.807, 2.05) is 30.3 Å². The van der Waals surface area contributed by atoms with Crippen molar-refractivity contribution >= 4 is 21.8 Å². The van der Waals surface area contributed by atoms with Crippen molar-refractivity contribution in [3.8, 4) is 5.75 Å². The quantitative estimate of drug-likeness (QED) is 0.596. The largest absolute Gasteiger partial charge is 0.487 e. The van der Waals surface area contributed by atoms with Crippen LogP contribution in [0.2, 0.25) is 0 Å². The van der Waals surface area contributed by atoms with Crippen LogP contribution in [-0.2, 0) is 21.4 Å². The summed E-state index contributed by atoms with van der Waals surface area (Å²) >= 11 is 0. The Balaban J connectivity index is 1.33. The number of ether oxygens (including phenoxy) is 2. The molecule has 1 fully saturated rings. The first kappa shape index (κ1) is 20.8. The zero-order valence-electron chi connectivity index (χ0n) is 16.7. The Morgan fingerprint density at radius 3 is 2.52 bits per heavy atom. The number of nitrogens with zero attached hydrogens (tertiary/aromatic N) is 4. The van der Waals surface area contributed by atoms with E-state index >= 15 is 0 Å². The van der Waals surface area contributed by atoms with Crippen molar-refractivity contribution in [2.75, 3.05) is 25.5 Å². The Kier molecular flexibility index (Phi) is 5.87. The maximum absolute atomic E-state index is 12.8. The van der Waals surface area contributed by atoms with Crippen LogP contribution in [-0.4, -0.2) is 54.0 Å². The number of para-hydroxylation sites is 1. The number of nitrogens with one attached hydrogen (secondary N) is 1. The van der Waals surface area contributed by atoms with Gasteiger partial charge in [0.1, 0.15) is 18.1 Å². The fourth-order valence-electron chi connectivity index (χ4n) is 3.04. The number of sulfonamides is 1. The van der Waals surface area contributed by atoms with Crippen molar-refractivity contribution in [1.29, 1.82) is 0 Å². The summed E-state index contributed by atoms with van der Waals surface area (Å²) in [5, 5.41) is 10.7. The summed E-state index contributed by atoms with van der Waals surface area (Å²) < 4.78 is 38.8. The molecule has 0 unspecified atom stereocenters. The van der Waals surface area contributed by atoms with E-state index < -0.39 is 16.1 Å². The lowest BCUT2D eigenvalue weighted by Crippen LogP contribution is -2.50. The van der Waals surface area contributed by atoms with Crippen LogP contribution in [0.3, 0.4) is 0 Å². The average Bonchev–Trinajstić information content (AvgIpc) is 3.20. The van der Waals surface area contributed by atoms with Crippen LogP contribution in [0.25, 0.3) is 0 Å². The minimum absolute atomic E-state index is 0.0898. The number of carbonyl (C=O) groups is 1. The van der Waals surface area contributed by atoms with E-state index in [0.717, 1.165) is 5.75 Å². The van der Waals surface area contributed by atoms with Crippen molar-refractivity contribution in [3.63, 3.8) is 0 Å². The van der Waals surface area contributed by atoms with E-state index in [-0.39, 0.29) is 17.5 Å². The van der Waals surface area contributed by atoms with Gasteiger partial charge in [-0.15, -0.1) is 5.10 Å². The normalized spacial score (nSPS) is 14.6. The standard InChI is InChI=1S/C20H21N5O5S/c1-29-20(26)21-15-7-9-19(10-8-15)31(27,28)24-12-17(13-24)25-11-16(22-23-25)14-30-18-5-3-2-4-6-18/h2-11,17H,12-14H2,1H3,(H,21,26). The third-order valence-electron chi connectivity index (χ3n) is 4.81. The molecular formula is C20H21N5O5S. The first-order chi connectivity index (χ1) is 15.0. The number of hydrogen-bond acceptors (Lipinski definition) is 7. The zero-order valence-corrected chi connectivity index (χ0v) is 17.5. The molecule has 0 atom stereocenters. The van der Waals surface area contributed by atoms with Gasteiger partial charge in [-0.05, 0) is 36.4 Å². The maximum Gasteiger partial charge on any atom is 0.411 e. The predicted molar refractivity (Wildman–Crippen MR) is 111 cm³/mol. The van der Waals surface area contributed by atoms with Crippen LogP contribution in [0.15, 0.2) is 65.7 Å². The molecule has 1 aromatic heterocycles. The molecule has 1 aliphatic rings. The van der Waals surface area contributed by atoms with Gasteiger partial charge >= 0.3 is 6.09 Å². The zero-order chi connectivity index (χ0) is 21.8. The number of methoxy groups -OCH3 is 1. The van der Waals surface area contributed by atoms with Crippen LogP contribution in [0, 0.1) is 0 Å². The van der Waals surface area contributed by atoms with Gasteiger partial charge in [-0.25, -0.2) is 17.9 Å². The minimum atomic E-state index is -3.63. The molecule has 1 aliphatic heterocycles. The lowest BCUT2D eigenvalue weighted by Gasteiger charge is -2.37. The summed E-state index contributed by atoms with van der Waals surface area (Å²) in [6, 6.07) is 15.2. The molecule has 2 aromatic carbocycles. The number of benzene rings is 2. The summed E-state index contributed by atoms with van der Waals surface area (Å²) in [6.07, 6.45) is 1.15. The molecule has 1 amide bonds. The monoisotopic (exact) mass is 443 g/mol. The molecule has 0 spiro atoms. The van der Waals surface area contributed by atoms with Gasteiger partial charge in [-0.2, -0.15) is 4.31 Å². The van der Waals surface area contributed by atoms with Crippen molar-refractivity contribution in [1.82, 2.24) is 19.3 Å². The number of rotatable bonds is 7. The van der Waals surface area contributed by atoms with Crippen LogP contribution in [0.1, 0.15) is 11.7 Å². The molecule has 3 aromatic rings. The highest BCUT2D eigenvalue weighted by molar-refractivity contribution is 7.89. The van der Waals surface area contributed by atoms with Crippen LogP contribution < -0.4 is 10.1 Å². The predicted octanol–water partition coefficient (Wildman–Crippen LogP) is 2.28. The highest BCUT2D eigenvalue weighted by atomic mass is 32.2. The molecule has 162 valence electrons. The first-order valence-corrected chi connectivity index (χ1v) is 10.9. The lowest BCUT2D eigenvalue weighted by molar-refractivity contribution is 0.187. The highest BCUT2D eigenvalue weighted by Gasteiger charge is 2.38. The molecule has 10 nitrogen and oxygen atoms in total. The highest BCUT2D eigenvalue weighted by Crippen LogP contribution is 2.28. The summed E-state index contributed by atoms with van der Waals surface area (Å²) in [6.45, 7) is 0.879. The Bertz CT molecular complexity index is 1140. The van der Waals surface area contributed by atoms with Gasteiger partial charge in [-0.3, -0.25) is 5.32 Å². The van der Waals surface area contributed by atoms with E-state index in [4.69, 9.17) is 4.74 Å². The summed E-state index contributed by atoms with van der Waals surface area (Å²) in [5.41, 5.74) is 1.11. The fourth-order valence-corrected chi connectivity index (χ4v) is 4.56. The summed E-state index contributed by atoms with van der Waals surface area (Å²) in [7, 11) is -2.38. The maximum atomic E-state index is 12.8. The Morgan fingerprint density at radius 2 is 1.84 bits per heavy atom. The smallest absolute Gasteiger partial charge is 0.411 e. The molecule has 1 N–H and O–H groups in total. The van der Waals surface area contributed by atoms with Gasteiger partial charge in [-0.1, -0.05) is 23.4 Å². The average molecular weight is 443 g/mol. The van der Waals surface area contributed by atoms with Crippen molar-refractivity contribution in [2.24, 2.45) is 0 Å². The van der Waals surface area contributed by atoms with Crippen LogP contribution >= 0.6 is 0 Å². The second-order valence-electron chi connectivity index (χ2n) is 6.91. The molecule has 1 saturated heterocycles. The van der Waals surface area contributed by atoms with Gasteiger partial charge in [0.25, 0.3) is 0 Å². The Morgan fingerprint density at radius 1 is 1.13 bits per heavy atom. The van der Waals surface area contributed by atoms with E-state index in [9.17, 15) is 13.2 Å². The molecule has 4 rings (SSSR count). The van der Waals surface area contributed by atoms with Crippen LogP contribution in [0.4, 0.5) is 10.5 Å². The molecule has 31 heavy (non-hydrogen) atoms. The topological polar surface area (TPSA) is 116 Å². The summed E-state index contributed by atoms with van der Waals surface area (Å²) in [5.74, 6) is 0.741. The second-order valence-corrected chi connectivity index (χ2v) is 8.85. The van der Waals surface area contributed by atoms with Gasteiger partial charge in [0, 0.05) is 18.8 Å².